The molecule has 2 fully saturated rings. The number of hydrogen-bond acceptors (Lipinski definition) is 4. The van der Waals surface area contributed by atoms with Gasteiger partial charge in [0.1, 0.15) is 19.0 Å². The number of nitrogens with one attached hydrogen (secondary N) is 2. The Kier molecular flexibility index (Phi) is 6.49. The predicted octanol–water partition coefficient (Wildman–Crippen LogP) is 2.48. The molecular formula is C19H26FN3O4. The molecule has 1 aromatic rings. The second-order valence-corrected chi connectivity index (χ2v) is 7.25. The quantitative estimate of drug-likeness (QED) is 0.581. The Morgan fingerprint density at radius 1 is 1.30 bits per heavy atom. The monoisotopic (exact) mass is 379 g/mol. The third kappa shape index (κ3) is 6.09. The normalized spacial score (nSPS) is 21.4. The molecule has 0 unspecified atom stereocenters. The molecule has 3 rings (SSSR count). The maximum absolute atomic E-state index is 12.2. The van der Waals surface area contributed by atoms with Crippen LogP contribution in [0.1, 0.15) is 25.7 Å². The fourth-order valence-corrected chi connectivity index (χ4v) is 3.32. The summed E-state index contributed by atoms with van der Waals surface area (Å²) in [6.07, 6.45) is 3.88. The van der Waals surface area contributed by atoms with Gasteiger partial charge in [-0.1, -0.05) is 6.07 Å². The molecule has 0 bridgehead atoms. The first-order valence-corrected chi connectivity index (χ1v) is 9.35. The van der Waals surface area contributed by atoms with Crippen molar-refractivity contribution in [2.45, 2.75) is 37.8 Å². The van der Waals surface area contributed by atoms with E-state index in [9.17, 15) is 14.0 Å². The highest BCUT2D eigenvalue weighted by molar-refractivity contribution is 5.89. The highest BCUT2D eigenvalue weighted by Crippen LogP contribution is 2.33. The number of nitrogens with zero attached hydrogens (tertiary/aromatic N) is 1. The molecule has 0 saturated heterocycles. The van der Waals surface area contributed by atoms with Crippen LogP contribution in [0.2, 0.25) is 0 Å². The lowest BCUT2D eigenvalue weighted by molar-refractivity contribution is -0.139. The van der Waals surface area contributed by atoms with Crippen molar-refractivity contribution in [3.63, 3.8) is 0 Å². The standard InChI is InChI=1S/C19H26FN3O4/c20-6-7-27-17-3-1-2-14(10-17)21-19(26)22-15-8-16(9-15)23(12-18(24)25)11-13-4-5-13/h1-3,10,13,15-16H,4-9,11-12H2,(H,24,25)(H2,21,22,26). The molecule has 27 heavy (non-hydrogen) atoms. The average Bonchev–Trinajstić information content (AvgIpc) is 3.39. The molecule has 0 radical (unpaired) electrons. The summed E-state index contributed by atoms with van der Waals surface area (Å²) in [6, 6.07) is 6.74. The van der Waals surface area contributed by atoms with Gasteiger partial charge in [-0.25, -0.2) is 9.18 Å². The van der Waals surface area contributed by atoms with Crippen LogP contribution in [-0.2, 0) is 4.79 Å². The molecule has 2 saturated carbocycles. The largest absolute Gasteiger partial charge is 0.491 e. The number of carbonyl (C=O) groups excluding carboxylic acids is 1. The molecule has 2 aliphatic carbocycles. The van der Waals surface area contributed by atoms with E-state index in [0.717, 1.165) is 19.4 Å². The third-order valence-corrected chi connectivity index (χ3v) is 4.93. The van der Waals surface area contributed by atoms with Gasteiger partial charge in [-0.15, -0.1) is 0 Å². The summed E-state index contributed by atoms with van der Waals surface area (Å²) in [5, 5.41) is 14.7. The number of carboxylic acid groups (broad SMARTS) is 1. The summed E-state index contributed by atoms with van der Waals surface area (Å²) >= 11 is 0. The zero-order chi connectivity index (χ0) is 19.2. The van der Waals surface area contributed by atoms with Gasteiger partial charge in [0.05, 0.1) is 6.54 Å². The molecule has 1 aromatic carbocycles. The summed E-state index contributed by atoms with van der Waals surface area (Å²) < 4.78 is 17.4. The number of anilines is 1. The number of hydrogen-bond donors (Lipinski definition) is 3. The van der Waals surface area contributed by atoms with Gasteiger partial charge in [-0.3, -0.25) is 9.69 Å². The first-order chi connectivity index (χ1) is 13.0. The summed E-state index contributed by atoms with van der Waals surface area (Å²) in [5.74, 6) is 0.324. The molecule has 3 N–H and O–H groups in total. The van der Waals surface area contributed by atoms with Crippen molar-refractivity contribution in [3.05, 3.63) is 24.3 Å². The Bertz CT molecular complexity index is 662. The zero-order valence-corrected chi connectivity index (χ0v) is 15.2. The number of benzene rings is 1. The molecule has 148 valence electrons. The zero-order valence-electron chi connectivity index (χ0n) is 15.2. The average molecular weight is 379 g/mol. The lowest BCUT2D eigenvalue weighted by Crippen LogP contribution is -2.55. The van der Waals surface area contributed by atoms with Crippen molar-refractivity contribution in [2.24, 2.45) is 5.92 Å². The van der Waals surface area contributed by atoms with Crippen LogP contribution in [0.5, 0.6) is 5.75 Å². The van der Waals surface area contributed by atoms with E-state index in [1.807, 2.05) is 4.90 Å². The van der Waals surface area contributed by atoms with E-state index in [1.165, 1.54) is 12.8 Å². The summed E-state index contributed by atoms with van der Waals surface area (Å²) in [6.45, 7) is 0.306. The highest BCUT2D eigenvalue weighted by atomic mass is 19.1. The first-order valence-electron chi connectivity index (χ1n) is 9.35. The molecule has 2 aliphatic rings. The smallest absolute Gasteiger partial charge is 0.319 e. The van der Waals surface area contributed by atoms with Gasteiger partial charge in [0.15, 0.2) is 0 Å². The lowest BCUT2D eigenvalue weighted by Gasteiger charge is -2.42. The molecule has 7 nitrogen and oxygen atoms in total. The lowest BCUT2D eigenvalue weighted by atomic mass is 9.85. The maximum Gasteiger partial charge on any atom is 0.319 e. The van der Waals surface area contributed by atoms with Gasteiger partial charge in [-0.2, -0.15) is 0 Å². The Morgan fingerprint density at radius 3 is 2.74 bits per heavy atom. The first kappa shape index (κ1) is 19.4. The van der Waals surface area contributed by atoms with E-state index >= 15 is 0 Å². The Morgan fingerprint density at radius 2 is 2.07 bits per heavy atom. The van der Waals surface area contributed by atoms with Crippen molar-refractivity contribution in [3.8, 4) is 5.75 Å². The fraction of sp³-hybridized carbons (Fsp3) is 0.579. The molecular weight excluding hydrogens is 353 g/mol. The number of carboxylic acids is 1. The van der Waals surface area contributed by atoms with Gasteiger partial charge in [0.25, 0.3) is 0 Å². The molecule has 0 heterocycles. The van der Waals surface area contributed by atoms with Crippen LogP contribution in [0.15, 0.2) is 24.3 Å². The van der Waals surface area contributed by atoms with E-state index in [4.69, 9.17) is 9.84 Å². The molecule has 0 aromatic heterocycles. The van der Waals surface area contributed by atoms with Crippen LogP contribution in [0, 0.1) is 5.92 Å². The predicted molar refractivity (Wildman–Crippen MR) is 98.8 cm³/mol. The van der Waals surface area contributed by atoms with Crippen LogP contribution < -0.4 is 15.4 Å². The minimum absolute atomic E-state index is 0.0210. The number of urea groups is 1. The number of carbonyl (C=O) groups is 2. The topological polar surface area (TPSA) is 90.9 Å². The summed E-state index contributed by atoms with van der Waals surface area (Å²) in [4.78, 5) is 25.2. The van der Waals surface area contributed by atoms with E-state index in [-0.39, 0.29) is 31.3 Å². The van der Waals surface area contributed by atoms with Crippen molar-refractivity contribution < 1.29 is 23.8 Å². The van der Waals surface area contributed by atoms with Crippen LogP contribution in [0.4, 0.5) is 14.9 Å². The number of aliphatic carboxylic acids is 1. The number of amides is 2. The second kappa shape index (κ2) is 9.03. The van der Waals surface area contributed by atoms with Gasteiger partial charge in [-0.05, 0) is 43.7 Å². The van der Waals surface area contributed by atoms with Crippen LogP contribution in [0.3, 0.4) is 0 Å². The number of rotatable bonds is 10. The maximum atomic E-state index is 12.2. The number of ether oxygens (including phenoxy) is 1. The van der Waals surface area contributed by atoms with Gasteiger partial charge in [0.2, 0.25) is 0 Å². The Labute approximate surface area is 157 Å². The third-order valence-electron chi connectivity index (χ3n) is 4.93. The minimum atomic E-state index is -0.806. The number of halogens is 1. The fourth-order valence-electron chi connectivity index (χ4n) is 3.32. The van der Waals surface area contributed by atoms with E-state index in [0.29, 0.717) is 17.4 Å². The molecule has 8 heteroatoms. The summed E-state index contributed by atoms with van der Waals surface area (Å²) in [7, 11) is 0. The van der Waals surface area contributed by atoms with E-state index in [1.54, 1.807) is 24.3 Å². The number of alkyl halides is 1. The van der Waals surface area contributed by atoms with E-state index in [2.05, 4.69) is 10.6 Å². The van der Waals surface area contributed by atoms with Gasteiger partial charge < -0.3 is 20.5 Å². The van der Waals surface area contributed by atoms with Crippen LogP contribution >= 0.6 is 0 Å². The molecule has 0 spiro atoms. The highest BCUT2D eigenvalue weighted by Gasteiger charge is 2.37. The minimum Gasteiger partial charge on any atom is -0.491 e. The SMILES string of the molecule is O=C(O)CN(CC1CC1)C1CC(NC(=O)Nc2cccc(OCCF)c2)C1. The van der Waals surface area contributed by atoms with Crippen molar-refractivity contribution in [1.82, 2.24) is 10.2 Å². The van der Waals surface area contributed by atoms with Crippen LogP contribution in [0.25, 0.3) is 0 Å². The molecule has 2 amide bonds. The molecule has 0 aliphatic heterocycles. The molecule has 0 atom stereocenters. The van der Waals surface area contributed by atoms with Crippen molar-refractivity contribution in [2.75, 3.05) is 31.7 Å². The van der Waals surface area contributed by atoms with Gasteiger partial charge in [0, 0.05) is 30.4 Å². The second-order valence-electron chi connectivity index (χ2n) is 7.25. The summed E-state index contributed by atoms with van der Waals surface area (Å²) in [5.41, 5.74) is 0.570. The van der Waals surface area contributed by atoms with E-state index < -0.39 is 12.6 Å². The Balaban J connectivity index is 1.42. The van der Waals surface area contributed by atoms with Gasteiger partial charge >= 0.3 is 12.0 Å². The van der Waals surface area contributed by atoms with Crippen molar-refractivity contribution >= 4 is 17.7 Å². The van der Waals surface area contributed by atoms with Crippen molar-refractivity contribution in [1.29, 1.82) is 0 Å². The Hall–Kier alpha value is -2.35. The van der Waals surface area contributed by atoms with Crippen LogP contribution in [-0.4, -0.2) is 60.5 Å².